The highest BCUT2D eigenvalue weighted by Gasteiger charge is 2.39. The number of halogens is 2. The van der Waals surface area contributed by atoms with E-state index in [9.17, 15) is 13.6 Å². The number of hydrogen-bond donors (Lipinski definition) is 0. The molecule has 0 radical (unpaired) electrons. The van der Waals surface area contributed by atoms with Crippen LogP contribution in [-0.2, 0) is 37.7 Å². The molecule has 1 aliphatic carbocycles. The lowest BCUT2D eigenvalue weighted by molar-refractivity contribution is 0.0565. The molecule has 0 spiro atoms. The minimum atomic E-state index is -2.91. The number of carbonyl (C=O) groups is 3. The van der Waals surface area contributed by atoms with Crippen LogP contribution >= 0.6 is 0 Å². The number of alkyl halides is 2. The van der Waals surface area contributed by atoms with Crippen molar-refractivity contribution < 1.29 is 32.3 Å². The molecule has 10 rings (SSSR count). The van der Waals surface area contributed by atoms with E-state index in [-0.39, 0.29) is 41.7 Å². The number of ether oxygens (including phenoxy) is 1. The fourth-order valence-electron chi connectivity index (χ4n) is 10.3. The molecule has 7 aromatic rings. The maximum Gasteiger partial charge on any atom is 0.410 e. The maximum absolute atomic E-state index is 15.3. The third-order valence-electron chi connectivity index (χ3n) is 15.5. The summed E-state index contributed by atoms with van der Waals surface area (Å²) in [6, 6.07) is 37.4. The van der Waals surface area contributed by atoms with Gasteiger partial charge in [0.2, 0.25) is 8.32 Å². The van der Waals surface area contributed by atoms with E-state index in [4.69, 9.17) is 9.16 Å². The average molecular weight is 987 g/mol. The van der Waals surface area contributed by atoms with Crippen molar-refractivity contribution >= 4 is 37.6 Å². The first-order valence-corrected chi connectivity index (χ1v) is 27.6. The summed E-state index contributed by atoms with van der Waals surface area (Å²) in [4.78, 5) is 49.4. The van der Waals surface area contributed by atoms with Crippen molar-refractivity contribution in [3.05, 3.63) is 178 Å². The zero-order valence-electron chi connectivity index (χ0n) is 42.1. The van der Waals surface area contributed by atoms with E-state index in [1.54, 1.807) is 35.2 Å². The molecule has 11 nitrogen and oxygen atoms in total. The second-order valence-electron chi connectivity index (χ2n) is 20.9. The molecular formula is C58H60F2N6O5Si. The Bertz CT molecular complexity index is 3200. The van der Waals surface area contributed by atoms with Crippen LogP contribution in [0.2, 0.25) is 18.1 Å². The van der Waals surface area contributed by atoms with Crippen LogP contribution in [-0.4, -0.2) is 69.6 Å². The van der Waals surface area contributed by atoms with Crippen LogP contribution in [0.25, 0.3) is 22.4 Å². The Hall–Kier alpha value is -7.32. The fourth-order valence-corrected chi connectivity index (χ4v) is 11.3. The smallest absolute Gasteiger partial charge is 0.410 e. The van der Waals surface area contributed by atoms with Crippen LogP contribution in [0.15, 0.2) is 128 Å². The van der Waals surface area contributed by atoms with Crippen LogP contribution in [0.3, 0.4) is 0 Å². The van der Waals surface area contributed by atoms with Gasteiger partial charge in [0.15, 0.2) is 0 Å². The number of fused-ring (bicyclic) bond motifs is 5. The van der Waals surface area contributed by atoms with Crippen molar-refractivity contribution in [2.24, 2.45) is 7.05 Å². The second kappa shape index (κ2) is 18.7. The third-order valence-corrected chi connectivity index (χ3v) is 19.9. The van der Waals surface area contributed by atoms with Crippen molar-refractivity contribution in [2.45, 2.75) is 97.2 Å². The number of aromatic nitrogens is 3. The van der Waals surface area contributed by atoms with Gasteiger partial charge in [0.05, 0.1) is 23.6 Å². The minimum absolute atomic E-state index is 0.0499. The second-order valence-corrected chi connectivity index (χ2v) is 25.7. The van der Waals surface area contributed by atoms with Crippen molar-refractivity contribution in [3.8, 4) is 28.1 Å². The van der Waals surface area contributed by atoms with E-state index in [0.717, 1.165) is 45.1 Å². The number of nitrogens with zero attached hydrogens (tertiary/aromatic N) is 6. The van der Waals surface area contributed by atoms with E-state index in [0.29, 0.717) is 70.1 Å². The molecule has 0 unspecified atom stereocenters. The SMILES string of the molecule is Cc1c(C(=O)N(c2ccc(O[Si](C)(C)C(C)(C)C)cc2)c2cnn(C(F)F)c2)cc(-c2cc3c(cc2C(=O)N2Cc4ccccc4C[C@H]2C)CN(C(=O)OCC2c4ccccc4-c4ccccc42)CC3)n1C. The number of benzene rings is 5. The molecule has 0 bridgehead atoms. The number of carbonyl (C=O) groups excluding carboxylic acids is 3. The van der Waals surface area contributed by atoms with Gasteiger partial charge in [0, 0.05) is 66.8 Å². The monoisotopic (exact) mass is 986 g/mol. The van der Waals surface area contributed by atoms with Crippen molar-refractivity contribution in [3.63, 3.8) is 0 Å². The molecular weight excluding hydrogens is 927 g/mol. The standard InChI is InChI=1S/C58H60F2N6O5Si/c1-36-27-38-15-9-10-16-40(38)33-64(36)54(67)51-29-41-32-63(57(69)70-35-52-47-19-13-11-17-45(47)46-18-12-14-20-48(46)52)26-25-39(41)28-50(51)53-30-49(37(2)62(53)6)55(68)66(43-31-61-65(34-43)56(59)60)42-21-23-44(24-22-42)71-72(7,8)58(3,4)5/h9-24,28-31,34,36,52,56H,25-27,32-33,35H2,1-8H3/t36-/m1/s1. The quantitative estimate of drug-likeness (QED) is 0.127. The number of rotatable bonds is 10. The first kappa shape index (κ1) is 48.3. The first-order valence-electron chi connectivity index (χ1n) is 24.6. The van der Waals surface area contributed by atoms with E-state index < -0.39 is 26.9 Å². The normalized spacial score (nSPS) is 15.5. The highest BCUT2D eigenvalue weighted by Crippen LogP contribution is 2.45. The van der Waals surface area contributed by atoms with E-state index >= 15 is 9.59 Å². The molecule has 0 saturated heterocycles. The van der Waals surface area contributed by atoms with Gasteiger partial charge in [0.25, 0.3) is 11.8 Å². The van der Waals surface area contributed by atoms with Crippen LogP contribution < -0.4 is 9.33 Å². The number of hydrogen-bond acceptors (Lipinski definition) is 6. The lowest BCUT2D eigenvalue weighted by Gasteiger charge is -2.36. The van der Waals surface area contributed by atoms with Crippen LogP contribution in [0.1, 0.15) is 100.0 Å². The molecule has 2 aliphatic heterocycles. The highest BCUT2D eigenvalue weighted by atomic mass is 28.4. The predicted octanol–water partition coefficient (Wildman–Crippen LogP) is 12.8. The summed E-state index contributed by atoms with van der Waals surface area (Å²) in [6.07, 6.45) is 3.21. The van der Waals surface area contributed by atoms with Crippen LogP contribution in [0, 0.1) is 6.92 Å². The Morgan fingerprint density at radius 1 is 0.792 bits per heavy atom. The maximum atomic E-state index is 15.3. The summed E-state index contributed by atoms with van der Waals surface area (Å²) in [6.45, 7) is 13.0. The molecule has 1 atom stereocenters. The lowest BCUT2D eigenvalue weighted by Crippen LogP contribution is -2.43. The Kier molecular flexibility index (Phi) is 12.5. The summed E-state index contributed by atoms with van der Waals surface area (Å²) >= 11 is 0. The van der Waals surface area contributed by atoms with Gasteiger partial charge >= 0.3 is 12.6 Å². The molecule has 3 amide bonds. The zero-order valence-corrected chi connectivity index (χ0v) is 43.1. The highest BCUT2D eigenvalue weighted by molar-refractivity contribution is 6.74. The van der Waals surface area contributed by atoms with Gasteiger partial charge in [-0.15, -0.1) is 0 Å². The minimum Gasteiger partial charge on any atom is -0.544 e. The van der Waals surface area contributed by atoms with Crippen molar-refractivity contribution in [2.75, 3.05) is 18.1 Å². The van der Waals surface area contributed by atoms with Crippen LogP contribution in [0.4, 0.5) is 25.0 Å². The Labute approximate surface area is 420 Å². The molecule has 4 heterocycles. The van der Waals surface area contributed by atoms with Crippen molar-refractivity contribution in [1.29, 1.82) is 0 Å². The molecule has 72 heavy (non-hydrogen) atoms. The Balaban J connectivity index is 0.992. The van der Waals surface area contributed by atoms with Gasteiger partial charge < -0.3 is 23.5 Å². The lowest BCUT2D eigenvalue weighted by atomic mass is 9.90. The fraction of sp³-hybridized carbons (Fsp3) is 0.310. The van der Waals surface area contributed by atoms with Crippen LogP contribution in [0.5, 0.6) is 5.75 Å². The summed E-state index contributed by atoms with van der Waals surface area (Å²) < 4.78 is 43.1. The van der Waals surface area contributed by atoms with E-state index in [1.165, 1.54) is 16.7 Å². The molecule has 0 saturated carbocycles. The van der Waals surface area contributed by atoms with Gasteiger partial charge in [-0.2, -0.15) is 13.9 Å². The Morgan fingerprint density at radius 3 is 2.10 bits per heavy atom. The molecule has 370 valence electrons. The van der Waals surface area contributed by atoms with Gasteiger partial charge in [-0.25, -0.2) is 9.48 Å². The molecule has 14 heteroatoms. The number of amides is 3. The van der Waals surface area contributed by atoms with Gasteiger partial charge in [-0.05, 0) is 132 Å². The Morgan fingerprint density at radius 2 is 1.44 bits per heavy atom. The zero-order chi connectivity index (χ0) is 50.8. The van der Waals surface area contributed by atoms with Gasteiger partial charge in [-0.3, -0.25) is 14.5 Å². The number of anilines is 2. The molecule has 3 aliphatic rings. The van der Waals surface area contributed by atoms with Crippen molar-refractivity contribution in [1.82, 2.24) is 24.1 Å². The molecule has 2 aromatic heterocycles. The molecule has 0 fully saturated rings. The molecule has 0 N–H and O–H groups in total. The average Bonchev–Trinajstić information content (AvgIpc) is 4.06. The van der Waals surface area contributed by atoms with E-state index in [1.807, 2.05) is 72.0 Å². The van der Waals surface area contributed by atoms with Gasteiger partial charge in [-0.1, -0.05) is 93.6 Å². The summed E-state index contributed by atoms with van der Waals surface area (Å²) in [7, 11) is -0.340. The summed E-state index contributed by atoms with van der Waals surface area (Å²) in [5, 5.41) is 3.85. The van der Waals surface area contributed by atoms with E-state index in [2.05, 4.69) is 82.3 Å². The molecule has 5 aromatic carbocycles. The summed E-state index contributed by atoms with van der Waals surface area (Å²) in [5.74, 6) is -0.0630. The predicted molar refractivity (Wildman–Crippen MR) is 278 cm³/mol. The third kappa shape index (κ3) is 8.79. The summed E-state index contributed by atoms with van der Waals surface area (Å²) in [5.41, 5.74) is 12.0. The topological polar surface area (TPSA) is 102 Å². The first-order chi connectivity index (χ1) is 34.4. The van der Waals surface area contributed by atoms with Gasteiger partial charge in [0.1, 0.15) is 12.4 Å². The largest absolute Gasteiger partial charge is 0.544 e.